The highest BCUT2D eigenvalue weighted by molar-refractivity contribution is 5.29. The van der Waals surface area contributed by atoms with Crippen LogP contribution in [0.3, 0.4) is 0 Å². The lowest BCUT2D eigenvalue weighted by atomic mass is 9.99. The zero-order valence-electron chi connectivity index (χ0n) is 9.81. The molecule has 1 aromatic carbocycles. The van der Waals surface area contributed by atoms with E-state index in [4.69, 9.17) is 15.7 Å². The smallest absolute Gasteiger partial charge is 0.127 e. The Morgan fingerprint density at radius 3 is 2.50 bits per heavy atom. The Labute approximate surface area is 96.8 Å². The van der Waals surface area contributed by atoms with Crippen LogP contribution in [0.4, 0.5) is 0 Å². The first-order valence-corrected chi connectivity index (χ1v) is 5.55. The molecule has 3 heteroatoms. The van der Waals surface area contributed by atoms with Crippen LogP contribution < -0.4 is 10.5 Å². The Balaban J connectivity index is 2.55. The highest BCUT2D eigenvalue weighted by atomic mass is 16.5. The number of ether oxygens (including phenoxy) is 1. The average molecular weight is 218 g/mol. The van der Waals surface area contributed by atoms with Crippen molar-refractivity contribution < 1.29 is 4.74 Å². The van der Waals surface area contributed by atoms with Gasteiger partial charge in [0.1, 0.15) is 18.4 Å². The number of hydrogen-bond acceptors (Lipinski definition) is 3. The molecule has 0 aliphatic rings. The number of nitrogens with two attached hydrogens (primary N) is 1. The van der Waals surface area contributed by atoms with Crippen molar-refractivity contribution in [3.8, 4) is 11.8 Å². The van der Waals surface area contributed by atoms with Gasteiger partial charge in [-0.3, -0.25) is 0 Å². The van der Waals surface area contributed by atoms with Crippen molar-refractivity contribution in [2.45, 2.75) is 32.2 Å². The molecule has 2 unspecified atom stereocenters. The predicted octanol–water partition coefficient (Wildman–Crippen LogP) is 2.43. The van der Waals surface area contributed by atoms with E-state index < -0.39 is 6.04 Å². The molecule has 0 aliphatic heterocycles. The highest BCUT2D eigenvalue weighted by Gasteiger charge is 2.04. The molecule has 0 radical (unpaired) electrons. The van der Waals surface area contributed by atoms with Crippen LogP contribution in [0.5, 0.6) is 5.75 Å². The third kappa shape index (κ3) is 3.56. The molecule has 0 amide bonds. The summed E-state index contributed by atoms with van der Waals surface area (Å²) in [7, 11) is 0. The van der Waals surface area contributed by atoms with Crippen molar-refractivity contribution in [3.63, 3.8) is 0 Å². The molecule has 0 spiro atoms. The molecule has 1 rings (SSSR count). The predicted molar refractivity (Wildman–Crippen MR) is 64.2 cm³/mol. The summed E-state index contributed by atoms with van der Waals surface area (Å²) >= 11 is 0. The molecule has 1 aromatic rings. The molecule has 0 saturated heterocycles. The second-order valence-electron chi connectivity index (χ2n) is 3.92. The van der Waals surface area contributed by atoms with Crippen LogP contribution in [0.1, 0.15) is 31.7 Å². The van der Waals surface area contributed by atoms with E-state index in [9.17, 15) is 0 Å². The summed E-state index contributed by atoms with van der Waals surface area (Å²) in [6.07, 6.45) is 1.12. The Bertz CT molecular complexity index is 353. The molecular formula is C13H18N2O. The first-order chi connectivity index (χ1) is 7.67. The molecule has 0 aliphatic carbocycles. The number of benzene rings is 1. The standard InChI is InChI=1S/C13H18N2O/c1-3-10(2)11-4-6-13(7-5-11)16-9-12(15)8-14/h4-7,10,12H,3,9,15H2,1-2H3. The summed E-state index contributed by atoms with van der Waals surface area (Å²) in [5.74, 6) is 1.33. The minimum atomic E-state index is -0.561. The lowest BCUT2D eigenvalue weighted by Crippen LogP contribution is -2.25. The molecule has 0 aromatic heterocycles. The normalized spacial score (nSPS) is 13.9. The Hall–Kier alpha value is -1.53. The van der Waals surface area contributed by atoms with Crippen molar-refractivity contribution in [1.29, 1.82) is 5.26 Å². The van der Waals surface area contributed by atoms with Crippen LogP contribution in [-0.2, 0) is 0 Å². The SMILES string of the molecule is CCC(C)c1ccc(OCC(N)C#N)cc1. The Kier molecular flexibility index (Phi) is 4.81. The van der Waals surface area contributed by atoms with Crippen LogP contribution in [0.2, 0.25) is 0 Å². The summed E-state index contributed by atoms with van der Waals surface area (Å²) in [4.78, 5) is 0. The summed E-state index contributed by atoms with van der Waals surface area (Å²) in [5, 5.41) is 8.51. The van der Waals surface area contributed by atoms with Crippen LogP contribution in [-0.4, -0.2) is 12.6 Å². The van der Waals surface area contributed by atoms with Gasteiger partial charge in [-0.1, -0.05) is 26.0 Å². The summed E-state index contributed by atoms with van der Waals surface area (Å²) in [6, 6.07) is 9.32. The van der Waals surface area contributed by atoms with E-state index in [2.05, 4.69) is 26.0 Å². The number of hydrogen-bond donors (Lipinski definition) is 1. The maximum Gasteiger partial charge on any atom is 0.127 e. The van der Waals surface area contributed by atoms with E-state index in [0.29, 0.717) is 5.92 Å². The van der Waals surface area contributed by atoms with Gasteiger partial charge in [-0.2, -0.15) is 5.26 Å². The average Bonchev–Trinajstić information content (AvgIpc) is 2.35. The molecule has 0 fully saturated rings. The minimum Gasteiger partial charge on any atom is -0.491 e. The fourth-order valence-corrected chi connectivity index (χ4v) is 1.35. The van der Waals surface area contributed by atoms with E-state index in [0.717, 1.165) is 12.2 Å². The second kappa shape index (κ2) is 6.14. The summed E-state index contributed by atoms with van der Waals surface area (Å²) in [5.41, 5.74) is 6.74. The topological polar surface area (TPSA) is 59.0 Å². The van der Waals surface area contributed by atoms with Gasteiger partial charge in [-0.15, -0.1) is 0 Å². The largest absolute Gasteiger partial charge is 0.491 e. The fraction of sp³-hybridized carbons (Fsp3) is 0.462. The van der Waals surface area contributed by atoms with E-state index in [1.165, 1.54) is 5.56 Å². The van der Waals surface area contributed by atoms with Crippen molar-refractivity contribution in [3.05, 3.63) is 29.8 Å². The Morgan fingerprint density at radius 2 is 2.00 bits per heavy atom. The van der Waals surface area contributed by atoms with Crippen molar-refractivity contribution >= 4 is 0 Å². The quantitative estimate of drug-likeness (QED) is 0.825. The molecule has 0 saturated carbocycles. The highest BCUT2D eigenvalue weighted by Crippen LogP contribution is 2.21. The maximum atomic E-state index is 8.51. The van der Waals surface area contributed by atoms with Gasteiger partial charge in [0.05, 0.1) is 6.07 Å². The molecular weight excluding hydrogens is 200 g/mol. The van der Waals surface area contributed by atoms with Gasteiger partial charge in [0.15, 0.2) is 0 Å². The molecule has 3 nitrogen and oxygen atoms in total. The first kappa shape index (κ1) is 12.5. The van der Waals surface area contributed by atoms with Crippen molar-refractivity contribution in [1.82, 2.24) is 0 Å². The van der Waals surface area contributed by atoms with E-state index in [1.54, 1.807) is 0 Å². The number of nitriles is 1. The van der Waals surface area contributed by atoms with Gasteiger partial charge in [0.25, 0.3) is 0 Å². The van der Waals surface area contributed by atoms with Crippen LogP contribution >= 0.6 is 0 Å². The third-order valence-electron chi connectivity index (χ3n) is 2.66. The third-order valence-corrected chi connectivity index (χ3v) is 2.66. The van der Waals surface area contributed by atoms with Gasteiger partial charge >= 0.3 is 0 Å². The Morgan fingerprint density at radius 1 is 1.38 bits per heavy atom. The molecule has 0 bridgehead atoms. The van der Waals surface area contributed by atoms with Crippen LogP contribution in [0.25, 0.3) is 0 Å². The van der Waals surface area contributed by atoms with Crippen molar-refractivity contribution in [2.75, 3.05) is 6.61 Å². The van der Waals surface area contributed by atoms with Gasteiger partial charge in [-0.25, -0.2) is 0 Å². The minimum absolute atomic E-state index is 0.235. The molecule has 16 heavy (non-hydrogen) atoms. The van der Waals surface area contributed by atoms with Crippen LogP contribution in [0.15, 0.2) is 24.3 Å². The van der Waals surface area contributed by atoms with E-state index in [1.807, 2.05) is 18.2 Å². The fourth-order valence-electron chi connectivity index (χ4n) is 1.35. The zero-order chi connectivity index (χ0) is 12.0. The monoisotopic (exact) mass is 218 g/mol. The zero-order valence-corrected chi connectivity index (χ0v) is 9.81. The molecule has 0 heterocycles. The molecule has 86 valence electrons. The number of nitrogens with zero attached hydrogens (tertiary/aromatic N) is 1. The molecule has 2 N–H and O–H groups in total. The van der Waals surface area contributed by atoms with Crippen molar-refractivity contribution in [2.24, 2.45) is 5.73 Å². The summed E-state index contributed by atoms with van der Waals surface area (Å²) in [6.45, 7) is 4.60. The lowest BCUT2D eigenvalue weighted by molar-refractivity contribution is 0.308. The van der Waals surface area contributed by atoms with E-state index >= 15 is 0 Å². The summed E-state index contributed by atoms with van der Waals surface area (Å²) < 4.78 is 5.38. The van der Waals surface area contributed by atoms with Crippen LogP contribution in [0, 0.1) is 11.3 Å². The lowest BCUT2D eigenvalue weighted by Gasteiger charge is -2.11. The van der Waals surface area contributed by atoms with Gasteiger partial charge in [0.2, 0.25) is 0 Å². The van der Waals surface area contributed by atoms with Gasteiger partial charge in [0, 0.05) is 0 Å². The maximum absolute atomic E-state index is 8.51. The van der Waals surface area contributed by atoms with Gasteiger partial charge < -0.3 is 10.5 Å². The van der Waals surface area contributed by atoms with E-state index in [-0.39, 0.29) is 6.61 Å². The second-order valence-corrected chi connectivity index (χ2v) is 3.92. The van der Waals surface area contributed by atoms with Gasteiger partial charge in [-0.05, 0) is 30.0 Å². The first-order valence-electron chi connectivity index (χ1n) is 5.55. The molecule has 2 atom stereocenters. The number of rotatable bonds is 5.